The highest BCUT2D eigenvalue weighted by Crippen LogP contribution is 2.19. The van der Waals surface area contributed by atoms with Gasteiger partial charge in [-0.3, -0.25) is 4.79 Å². The molecule has 0 radical (unpaired) electrons. The number of carboxylic acid groups (broad SMARTS) is 1. The fourth-order valence-electron chi connectivity index (χ4n) is 2.09. The molecule has 0 aliphatic carbocycles. The predicted octanol–water partition coefficient (Wildman–Crippen LogP) is 3.13. The zero-order valence-electron chi connectivity index (χ0n) is 12.6. The fraction of sp³-hybridized carbons (Fsp3) is 0.500. The Hall–Kier alpha value is -1.55. The van der Waals surface area contributed by atoms with Crippen LogP contribution in [0.15, 0.2) is 24.3 Å². The number of halogens is 1. The molecule has 1 aromatic rings. The van der Waals surface area contributed by atoms with Crippen LogP contribution in [0.25, 0.3) is 0 Å². The van der Waals surface area contributed by atoms with Gasteiger partial charge in [0.05, 0.1) is 0 Å². The predicted molar refractivity (Wildman–Crippen MR) is 83.3 cm³/mol. The lowest BCUT2D eigenvalue weighted by molar-refractivity contribution is -0.142. The molecule has 116 valence electrons. The molecule has 4 nitrogen and oxygen atoms in total. The Morgan fingerprint density at radius 3 is 2.38 bits per heavy atom. The molecule has 0 saturated heterocycles. The van der Waals surface area contributed by atoms with E-state index in [2.05, 4.69) is 5.32 Å². The van der Waals surface area contributed by atoms with E-state index in [0.29, 0.717) is 17.9 Å². The van der Waals surface area contributed by atoms with Crippen molar-refractivity contribution in [1.82, 2.24) is 5.32 Å². The van der Waals surface area contributed by atoms with E-state index < -0.39 is 12.0 Å². The van der Waals surface area contributed by atoms with Gasteiger partial charge in [-0.25, -0.2) is 4.79 Å². The monoisotopic (exact) mass is 311 g/mol. The number of benzene rings is 1. The van der Waals surface area contributed by atoms with Gasteiger partial charge < -0.3 is 10.4 Å². The summed E-state index contributed by atoms with van der Waals surface area (Å²) in [5.74, 6) is -1.39. The van der Waals surface area contributed by atoms with Crippen LogP contribution >= 0.6 is 11.6 Å². The van der Waals surface area contributed by atoms with Crippen molar-refractivity contribution in [3.8, 4) is 0 Å². The zero-order valence-corrected chi connectivity index (χ0v) is 13.4. The van der Waals surface area contributed by atoms with Crippen molar-refractivity contribution in [3.05, 3.63) is 34.9 Å². The van der Waals surface area contributed by atoms with Gasteiger partial charge in [0.25, 0.3) is 0 Å². The molecule has 5 heteroatoms. The molecule has 0 saturated carbocycles. The average molecular weight is 312 g/mol. The normalized spacial score (nSPS) is 13.8. The Morgan fingerprint density at radius 2 is 1.86 bits per heavy atom. The Kier molecular flexibility index (Phi) is 6.69. The van der Waals surface area contributed by atoms with Crippen molar-refractivity contribution in [3.63, 3.8) is 0 Å². The Balaban J connectivity index is 2.65. The summed E-state index contributed by atoms with van der Waals surface area (Å²) in [6.07, 6.45) is 0.902. The van der Waals surface area contributed by atoms with Crippen molar-refractivity contribution in [2.75, 3.05) is 0 Å². The Morgan fingerprint density at radius 1 is 1.24 bits per heavy atom. The van der Waals surface area contributed by atoms with Crippen LogP contribution in [0.2, 0.25) is 5.02 Å². The molecule has 21 heavy (non-hydrogen) atoms. The Bertz CT molecular complexity index is 502. The van der Waals surface area contributed by atoms with E-state index in [0.717, 1.165) is 5.56 Å². The van der Waals surface area contributed by atoms with E-state index in [1.165, 1.54) is 0 Å². The highest BCUT2D eigenvalue weighted by Gasteiger charge is 2.24. The molecule has 2 unspecified atom stereocenters. The molecule has 1 rings (SSSR count). The molecule has 1 amide bonds. The van der Waals surface area contributed by atoms with E-state index in [1.807, 2.05) is 32.0 Å². The number of rotatable bonds is 7. The van der Waals surface area contributed by atoms with Crippen LogP contribution < -0.4 is 5.32 Å². The first-order valence-corrected chi connectivity index (χ1v) is 7.45. The van der Waals surface area contributed by atoms with Gasteiger partial charge in [0, 0.05) is 10.9 Å². The van der Waals surface area contributed by atoms with Crippen LogP contribution in [0.3, 0.4) is 0 Å². The van der Waals surface area contributed by atoms with Gasteiger partial charge in [0.1, 0.15) is 6.04 Å². The van der Waals surface area contributed by atoms with Crippen LogP contribution in [0.5, 0.6) is 0 Å². The molecule has 0 bridgehead atoms. The van der Waals surface area contributed by atoms with E-state index >= 15 is 0 Å². The average Bonchev–Trinajstić information content (AvgIpc) is 2.39. The topological polar surface area (TPSA) is 66.4 Å². The van der Waals surface area contributed by atoms with E-state index in [9.17, 15) is 9.59 Å². The third-order valence-corrected chi connectivity index (χ3v) is 3.62. The van der Waals surface area contributed by atoms with Crippen LogP contribution in [0, 0.1) is 11.8 Å². The van der Waals surface area contributed by atoms with Crippen LogP contribution in [-0.4, -0.2) is 23.0 Å². The molecule has 2 N–H and O–H groups in total. The van der Waals surface area contributed by atoms with Crippen molar-refractivity contribution < 1.29 is 14.7 Å². The van der Waals surface area contributed by atoms with Gasteiger partial charge in [-0.05, 0) is 30.4 Å². The van der Waals surface area contributed by atoms with Gasteiger partial charge in [0.15, 0.2) is 0 Å². The maximum atomic E-state index is 12.1. The summed E-state index contributed by atoms with van der Waals surface area (Å²) in [7, 11) is 0. The van der Waals surface area contributed by atoms with Crippen molar-refractivity contribution in [1.29, 1.82) is 0 Å². The first-order chi connectivity index (χ1) is 9.81. The van der Waals surface area contributed by atoms with Gasteiger partial charge in [-0.15, -0.1) is 0 Å². The second-order valence-corrected chi connectivity index (χ2v) is 6.13. The molecule has 0 aliphatic heterocycles. The first-order valence-electron chi connectivity index (χ1n) is 7.07. The van der Waals surface area contributed by atoms with Gasteiger partial charge in [-0.1, -0.05) is 50.6 Å². The molecule has 2 atom stereocenters. The minimum atomic E-state index is -0.998. The number of aliphatic carboxylic acids is 1. The van der Waals surface area contributed by atoms with Gasteiger partial charge >= 0.3 is 5.97 Å². The minimum Gasteiger partial charge on any atom is -0.480 e. The highest BCUT2D eigenvalue weighted by atomic mass is 35.5. The second kappa shape index (κ2) is 8.03. The van der Waals surface area contributed by atoms with Crippen LogP contribution in [-0.2, 0) is 16.0 Å². The lowest BCUT2D eigenvalue weighted by Crippen LogP contribution is -2.44. The van der Waals surface area contributed by atoms with Crippen LogP contribution in [0.1, 0.15) is 32.8 Å². The van der Waals surface area contributed by atoms with Gasteiger partial charge in [0.2, 0.25) is 5.91 Å². The molecule has 0 spiro atoms. The molecule has 0 fully saturated rings. The largest absolute Gasteiger partial charge is 0.480 e. The van der Waals surface area contributed by atoms with E-state index in [4.69, 9.17) is 16.7 Å². The molecular formula is C16H22ClNO3. The van der Waals surface area contributed by atoms with Crippen LogP contribution in [0.4, 0.5) is 0 Å². The highest BCUT2D eigenvalue weighted by molar-refractivity contribution is 6.31. The van der Waals surface area contributed by atoms with Crippen molar-refractivity contribution in [2.24, 2.45) is 11.8 Å². The molecule has 1 aromatic carbocycles. The summed E-state index contributed by atoms with van der Waals surface area (Å²) in [5, 5.41) is 12.4. The summed E-state index contributed by atoms with van der Waals surface area (Å²) in [4.78, 5) is 23.3. The quantitative estimate of drug-likeness (QED) is 0.813. The lowest BCUT2D eigenvalue weighted by Gasteiger charge is -2.19. The first kappa shape index (κ1) is 17.5. The van der Waals surface area contributed by atoms with Gasteiger partial charge in [-0.2, -0.15) is 0 Å². The number of hydrogen-bond donors (Lipinski definition) is 2. The number of carboxylic acids is 1. The Labute approximate surface area is 130 Å². The third kappa shape index (κ3) is 5.76. The zero-order chi connectivity index (χ0) is 16.0. The number of carbonyl (C=O) groups is 2. The third-order valence-electron chi connectivity index (χ3n) is 3.25. The number of hydrogen-bond acceptors (Lipinski definition) is 2. The number of carbonyl (C=O) groups excluding carboxylic acids is 1. The smallest absolute Gasteiger partial charge is 0.326 e. The van der Waals surface area contributed by atoms with Crippen molar-refractivity contribution in [2.45, 2.75) is 39.7 Å². The fourth-order valence-corrected chi connectivity index (χ4v) is 2.31. The number of amides is 1. The summed E-state index contributed by atoms with van der Waals surface area (Å²) in [6.45, 7) is 5.62. The molecule has 0 aromatic heterocycles. The summed E-state index contributed by atoms with van der Waals surface area (Å²) >= 11 is 6.07. The molecular weight excluding hydrogens is 290 g/mol. The summed E-state index contributed by atoms with van der Waals surface area (Å²) in [5.41, 5.74) is 0.887. The second-order valence-electron chi connectivity index (χ2n) is 5.73. The minimum absolute atomic E-state index is 0.199. The molecule has 0 heterocycles. The molecule has 0 aliphatic rings. The van der Waals surface area contributed by atoms with E-state index in [1.54, 1.807) is 13.0 Å². The standard InChI is InChI=1S/C16H22ClNO3/c1-10(2)8-14(16(20)21)18-15(19)11(3)9-12-6-4-5-7-13(12)17/h4-7,10-11,14H,8-9H2,1-3H3,(H,18,19)(H,20,21). The van der Waals surface area contributed by atoms with Crippen molar-refractivity contribution >= 4 is 23.5 Å². The summed E-state index contributed by atoms with van der Waals surface area (Å²) < 4.78 is 0. The van der Waals surface area contributed by atoms with E-state index in [-0.39, 0.29) is 17.7 Å². The maximum Gasteiger partial charge on any atom is 0.326 e. The SMILES string of the molecule is CC(C)CC(NC(=O)C(C)Cc1ccccc1Cl)C(=O)O. The maximum absolute atomic E-state index is 12.1. The number of nitrogens with one attached hydrogen (secondary N) is 1. The summed E-state index contributed by atoms with van der Waals surface area (Å²) in [6, 6.07) is 6.51. The lowest BCUT2D eigenvalue weighted by atomic mass is 9.98.